The summed E-state index contributed by atoms with van der Waals surface area (Å²) in [7, 11) is 0. The zero-order valence-corrected chi connectivity index (χ0v) is 21.9. The fourth-order valence-electron chi connectivity index (χ4n) is 3.23. The fraction of sp³-hybridized carbons (Fsp3) is 0.583. The summed E-state index contributed by atoms with van der Waals surface area (Å²) in [6.45, 7) is 8.97. The predicted octanol–water partition coefficient (Wildman–Crippen LogP) is 2.56. The molecule has 1 aromatic carbocycles. The number of nitrogens with zero attached hydrogens (tertiary/aromatic N) is 1. The number of hydrogen-bond acceptors (Lipinski definition) is 8. The number of aromatic hydroxyl groups is 1. The van der Waals surface area contributed by atoms with Crippen LogP contribution in [0.25, 0.3) is 0 Å². The third-order valence-electron chi connectivity index (χ3n) is 4.64. The lowest BCUT2D eigenvalue weighted by Gasteiger charge is -2.34. The first-order valence-corrected chi connectivity index (χ1v) is 12.2. The van der Waals surface area contributed by atoms with E-state index in [2.05, 4.69) is 23.3 Å². The molecule has 0 aliphatic rings. The van der Waals surface area contributed by atoms with Crippen LogP contribution in [0.3, 0.4) is 0 Å². The van der Waals surface area contributed by atoms with Gasteiger partial charge in [-0.05, 0) is 40.2 Å². The molecule has 0 spiro atoms. The average molecular weight is 512 g/mol. The van der Waals surface area contributed by atoms with Crippen LogP contribution in [0, 0.1) is 0 Å². The Balaban J connectivity index is 3.24. The molecule has 0 saturated carbocycles. The molecule has 3 amide bonds. The Morgan fingerprint density at radius 1 is 1.14 bits per heavy atom. The van der Waals surface area contributed by atoms with Crippen molar-refractivity contribution in [1.82, 2.24) is 15.5 Å². The number of carbonyl (C=O) groups is 4. The van der Waals surface area contributed by atoms with Crippen LogP contribution in [0.5, 0.6) is 5.75 Å². The monoisotopic (exact) mass is 511 g/mol. The lowest BCUT2D eigenvalue weighted by atomic mass is 10.0. The van der Waals surface area contributed by atoms with E-state index in [1.807, 2.05) is 6.92 Å². The minimum absolute atomic E-state index is 0.0118. The van der Waals surface area contributed by atoms with Gasteiger partial charge in [-0.25, -0.2) is 4.79 Å². The Labute approximate surface area is 212 Å². The molecule has 196 valence electrons. The zero-order chi connectivity index (χ0) is 26.6. The second-order valence-corrected chi connectivity index (χ2v) is 9.09. The average Bonchev–Trinajstić information content (AvgIpc) is 2.76. The molecule has 35 heavy (non-hydrogen) atoms. The summed E-state index contributed by atoms with van der Waals surface area (Å²) in [5.41, 5.74) is -0.563. The Bertz CT molecular complexity index is 873. The van der Waals surface area contributed by atoms with E-state index in [-0.39, 0.29) is 43.2 Å². The van der Waals surface area contributed by atoms with Gasteiger partial charge in [0.1, 0.15) is 23.4 Å². The maximum absolute atomic E-state index is 13.5. The molecule has 0 saturated heterocycles. The van der Waals surface area contributed by atoms with Gasteiger partial charge in [-0.2, -0.15) is 12.6 Å². The molecule has 0 aliphatic heterocycles. The lowest BCUT2D eigenvalue weighted by Crippen LogP contribution is -2.54. The van der Waals surface area contributed by atoms with Gasteiger partial charge in [-0.1, -0.05) is 25.1 Å². The summed E-state index contributed by atoms with van der Waals surface area (Å²) < 4.78 is 10.1. The standard InChI is InChI=1S/C24H37N3O7S/c1-6-14-27(22(31)17(15-35)26-23(32)34-24(3,4)5)20(16-10-8-9-11-18(16)28)21(30)25-13-12-19(29)33-7-2/h8-11,17,20,28,35H,6-7,12-15H2,1-5H3,(H,25,30)(H,26,32). The molecule has 2 atom stereocenters. The minimum atomic E-state index is -1.21. The van der Waals surface area contributed by atoms with E-state index in [0.29, 0.717) is 6.42 Å². The van der Waals surface area contributed by atoms with Crippen LogP contribution in [-0.2, 0) is 23.9 Å². The van der Waals surface area contributed by atoms with Gasteiger partial charge >= 0.3 is 12.1 Å². The van der Waals surface area contributed by atoms with Gasteiger partial charge in [0, 0.05) is 24.4 Å². The van der Waals surface area contributed by atoms with Crippen LogP contribution in [0.2, 0.25) is 0 Å². The van der Waals surface area contributed by atoms with Crippen molar-refractivity contribution in [1.29, 1.82) is 0 Å². The minimum Gasteiger partial charge on any atom is -0.508 e. The third-order valence-corrected chi connectivity index (χ3v) is 5.01. The first-order chi connectivity index (χ1) is 16.4. The highest BCUT2D eigenvalue weighted by molar-refractivity contribution is 7.80. The molecular weight excluding hydrogens is 474 g/mol. The molecule has 0 fully saturated rings. The van der Waals surface area contributed by atoms with E-state index in [9.17, 15) is 24.3 Å². The van der Waals surface area contributed by atoms with Crippen LogP contribution in [0.15, 0.2) is 24.3 Å². The van der Waals surface area contributed by atoms with Crippen LogP contribution >= 0.6 is 12.6 Å². The maximum Gasteiger partial charge on any atom is 0.408 e. The number of hydrogen-bond donors (Lipinski definition) is 4. The first-order valence-electron chi connectivity index (χ1n) is 11.6. The van der Waals surface area contributed by atoms with Crippen molar-refractivity contribution < 1.29 is 33.8 Å². The summed E-state index contributed by atoms with van der Waals surface area (Å²) in [4.78, 5) is 52.0. The van der Waals surface area contributed by atoms with Crippen LogP contribution < -0.4 is 10.6 Å². The SMILES string of the molecule is CCCN(C(=O)C(CS)NC(=O)OC(C)(C)C)C(C(=O)NCCC(=O)OCC)c1ccccc1O. The van der Waals surface area contributed by atoms with E-state index >= 15 is 0 Å². The normalized spacial score (nSPS) is 12.7. The summed E-state index contributed by atoms with van der Waals surface area (Å²) in [5.74, 6) is -1.84. The lowest BCUT2D eigenvalue weighted by molar-refractivity contribution is -0.144. The Kier molecular flexibility index (Phi) is 12.4. The number of alkyl carbamates (subject to hydrolysis) is 1. The van der Waals surface area contributed by atoms with E-state index in [1.165, 1.54) is 17.0 Å². The van der Waals surface area contributed by atoms with Gasteiger partial charge < -0.3 is 30.1 Å². The number of ether oxygens (including phenoxy) is 2. The number of phenolic OH excluding ortho intramolecular Hbond substituents is 1. The Morgan fingerprint density at radius 3 is 2.34 bits per heavy atom. The van der Waals surface area contributed by atoms with E-state index < -0.39 is 41.6 Å². The Morgan fingerprint density at radius 2 is 1.80 bits per heavy atom. The molecule has 11 heteroatoms. The number of amides is 3. The molecule has 3 N–H and O–H groups in total. The number of rotatable bonds is 12. The van der Waals surface area contributed by atoms with Crippen molar-refractivity contribution in [3.05, 3.63) is 29.8 Å². The number of carbonyl (C=O) groups excluding carboxylic acids is 4. The highest BCUT2D eigenvalue weighted by Crippen LogP contribution is 2.30. The van der Waals surface area contributed by atoms with E-state index in [4.69, 9.17) is 9.47 Å². The van der Waals surface area contributed by atoms with Gasteiger partial charge in [0.05, 0.1) is 13.0 Å². The quantitative estimate of drug-likeness (QED) is 0.250. The van der Waals surface area contributed by atoms with Crippen LogP contribution in [0.4, 0.5) is 4.79 Å². The van der Waals surface area contributed by atoms with Crippen molar-refractivity contribution >= 4 is 36.5 Å². The number of nitrogens with one attached hydrogen (secondary N) is 2. The van der Waals surface area contributed by atoms with Gasteiger partial charge in [-0.15, -0.1) is 0 Å². The van der Waals surface area contributed by atoms with E-state index in [1.54, 1.807) is 39.8 Å². The molecular formula is C24H37N3O7S. The fourth-order valence-corrected chi connectivity index (χ4v) is 3.48. The summed E-state index contributed by atoms with van der Waals surface area (Å²) in [6.07, 6.45) is -0.342. The molecule has 2 unspecified atom stereocenters. The van der Waals surface area contributed by atoms with Gasteiger partial charge in [0.25, 0.3) is 0 Å². The molecule has 1 rings (SSSR count). The molecule has 1 aromatic rings. The second kappa shape index (κ2) is 14.4. The summed E-state index contributed by atoms with van der Waals surface area (Å²) >= 11 is 4.21. The highest BCUT2D eigenvalue weighted by atomic mass is 32.1. The second-order valence-electron chi connectivity index (χ2n) is 8.72. The summed E-state index contributed by atoms with van der Waals surface area (Å²) in [5, 5.41) is 15.6. The van der Waals surface area contributed by atoms with Gasteiger partial charge in [-0.3, -0.25) is 14.4 Å². The van der Waals surface area contributed by atoms with Crippen molar-refractivity contribution in [2.45, 2.75) is 65.1 Å². The predicted molar refractivity (Wildman–Crippen MR) is 134 cm³/mol. The number of esters is 1. The summed E-state index contributed by atoms with van der Waals surface area (Å²) in [6, 6.07) is 3.89. The number of para-hydroxylation sites is 1. The van der Waals surface area contributed by atoms with Crippen molar-refractivity contribution in [3.8, 4) is 5.75 Å². The molecule has 0 heterocycles. The third kappa shape index (κ3) is 10.1. The van der Waals surface area contributed by atoms with Gasteiger partial charge in [0.15, 0.2) is 0 Å². The largest absolute Gasteiger partial charge is 0.508 e. The smallest absolute Gasteiger partial charge is 0.408 e. The molecule has 0 aliphatic carbocycles. The van der Waals surface area contributed by atoms with Crippen LogP contribution in [-0.4, -0.2) is 71.0 Å². The van der Waals surface area contributed by atoms with Crippen molar-refractivity contribution in [2.75, 3.05) is 25.4 Å². The number of phenols is 1. The molecule has 10 nitrogen and oxygen atoms in total. The number of benzene rings is 1. The van der Waals surface area contributed by atoms with E-state index in [0.717, 1.165) is 0 Å². The van der Waals surface area contributed by atoms with Crippen LogP contribution in [0.1, 0.15) is 59.1 Å². The topological polar surface area (TPSA) is 134 Å². The van der Waals surface area contributed by atoms with Crippen molar-refractivity contribution in [3.63, 3.8) is 0 Å². The zero-order valence-electron chi connectivity index (χ0n) is 21.0. The molecule has 0 radical (unpaired) electrons. The maximum atomic E-state index is 13.5. The van der Waals surface area contributed by atoms with Crippen molar-refractivity contribution in [2.24, 2.45) is 0 Å². The molecule has 0 aromatic heterocycles. The molecule has 0 bridgehead atoms. The Hall–Kier alpha value is -2.95. The highest BCUT2D eigenvalue weighted by Gasteiger charge is 2.36. The number of thiol groups is 1. The van der Waals surface area contributed by atoms with Gasteiger partial charge in [0.2, 0.25) is 11.8 Å². The first kappa shape index (κ1) is 30.1.